The fourth-order valence-corrected chi connectivity index (χ4v) is 4.01. The summed E-state index contributed by atoms with van der Waals surface area (Å²) in [5, 5.41) is 12.2. The van der Waals surface area contributed by atoms with E-state index < -0.39 is 11.2 Å². The van der Waals surface area contributed by atoms with E-state index in [0.717, 1.165) is 35.1 Å². The number of ether oxygens (including phenoxy) is 2. The molecule has 1 N–H and O–H groups in total. The van der Waals surface area contributed by atoms with E-state index in [0.29, 0.717) is 17.2 Å². The summed E-state index contributed by atoms with van der Waals surface area (Å²) in [6.07, 6.45) is 1.53. The van der Waals surface area contributed by atoms with Crippen LogP contribution in [0.15, 0.2) is 54.6 Å². The standard InChI is InChI=1S/C25H19FN2O3/c1-15-2-5-19(12-20(15)16-3-6-21(26)17(10-16)13-27)28-24(29)25(8-9-25)18-4-7-22-23(11-18)31-14-30-22/h2-7,10-12H,8-9,14H2,1H3,(H,28,29). The highest BCUT2D eigenvalue weighted by atomic mass is 19.1. The monoisotopic (exact) mass is 414 g/mol. The van der Waals surface area contributed by atoms with Gasteiger partial charge < -0.3 is 14.8 Å². The molecule has 1 aliphatic carbocycles. The van der Waals surface area contributed by atoms with Crippen LogP contribution in [0.1, 0.15) is 29.5 Å². The second kappa shape index (κ2) is 7.13. The number of benzene rings is 3. The number of rotatable bonds is 4. The average Bonchev–Trinajstić information content (AvgIpc) is 3.46. The van der Waals surface area contributed by atoms with Crippen molar-refractivity contribution in [2.75, 3.05) is 12.1 Å². The van der Waals surface area contributed by atoms with Crippen molar-refractivity contribution >= 4 is 11.6 Å². The quantitative estimate of drug-likeness (QED) is 0.647. The number of fused-ring (bicyclic) bond motifs is 1. The van der Waals surface area contributed by atoms with E-state index in [2.05, 4.69) is 5.32 Å². The lowest BCUT2D eigenvalue weighted by atomic mass is 9.94. The van der Waals surface area contributed by atoms with Gasteiger partial charge in [0.25, 0.3) is 0 Å². The molecule has 1 amide bonds. The molecular formula is C25H19FN2O3. The molecule has 1 heterocycles. The molecule has 1 saturated carbocycles. The van der Waals surface area contributed by atoms with Crippen molar-refractivity contribution < 1.29 is 18.7 Å². The lowest BCUT2D eigenvalue weighted by molar-refractivity contribution is -0.118. The largest absolute Gasteiger partial charge is 0.454 e. The predicted octanol–water partition coefficient (Wildman–Crippen LogP) is 5.07. The number of carbonyl (C=O) groups is 1. The molecule has 5 nitrogen and oxygen atoms in total. The third-order valence-electron chi connectivity index (χ3n) is 6.00. The Morgan fingerprint density at radius 2 is 1.87 bits per heavy atom. The van der Waals surface area contributed by atoms with Crippen molar-refractivity contribution in [1.82, 2.24) is 0 Å². The molecule has 0 spiro atoms. The Kier molecular flexibility index (Phi) is 4.40. The van der Waals surface area contributed by atoms with Crippen molar-refractivity contribution in [2.24, 2.45) is 0 Å². The molecule has 3 aromatic rings. The number of anilines is 1. The molecule has 6 heteroatoms. The fourth-order valence-electron chi connectivity index (χ4n) is 4.01. The number of aryl methyl sites for hydroxylation is 1. The second-order valence-electron chi connectivity index (χ2n) is 7.94. The van der Waals surface area contributed by atoms with Crippen LogP contribution in [0, 0.1) is 24.1 Å². The summed E-state index contributed by atoms with van der Waals surface area (Å²) in [5.41, 5.74) is 3.51. The van der Waals surface area contributed by atoms with Crippen LogP contribution in [-0.2, 0) is 10.2 Å². The third kappa shape index (κ3) is 3.28. The maximum Gasteiger partial charge on any atom is 0.235 e. The van der Waals surface area contributed by atoms with Crippen molar-refractivity contribution in [1.29, 1.82) is 5.26 Å². The van der Waals surface area contributed by atoms with Gasteiger partial charge in [0, 0.05) is 5.69 Å². The van der Waals surface area contributed by atoms with Gasteiger partial charge in [0.1, 0.15) is 11.9 Å². The van der Waals surface area contributed by atoms with Gasteiger partial charge in [0.2, 0.25) is 12.7 Å². The van der Waals surface area contributed by atoms with E-state index in [1.165, 1.54) is 12.1 Å². The van der Waals surface area contributed by atoms with Gasteiger partial charge in [-0.15, -0.1) is 0 Å². The Hall–Kier alpha value is -3.85. The number of nitrogens with one attached hydrogen (secondary N) is 1. The minimum atomic E-state index is -0.574. The average molecular weight is 414 g/mol. The minimum Gasteiger partial charge on any atom is -0.454 e. The molecule has 0 unspecified atom stereocenters. The number of hydrogen-bond acceptors (Lipinski definition) is 4. The summed E-state index contributed by atoms with van der Waals surface area (Å²) < 4.78 is 24.6. The molecule has 1 fully saturated rings. The SMILES string of the molecule is Cc1ccc(NC(=O)C2(c3ccc4c(c3)OCO4)CC2)cc1-c1ccc(F)c(C#N)c1. The van der Waals surface area contributed by atoms with Gasteiger partial charge in [0.15, 0.2) is 11.5 Å². The summed E-state index contributed by atoms with van der Waals surface area (Å²) in [4.78, 5) is 13.2. The van der Waals surface area contributed by atoms with Gasteiger partial charge in [-0.25, -0.2) is 4.39 Å². The van der Waals surface area contributed by atoms with Crippen LogP contribution in [0.25, 0.3) is 11.1 Å². The predicted molar refractivity (Wildman–Crippen MR) is 113 cm³/mol. The summed E-state index contributed by atoms with van der Waals surface area (Å²) in [6, 6.07) is 17.6. The zero-order valence-electron chi connectivity index (χ0n) is 16.9. The highest BCUT2D eigenvalue weighted by molar-refractivity contribution is 6.02. The molecule has 0 atom stereocenters. The third-order valence-corrected chi connectivity index (χ3v) is 6.00. The smallest absolute Gasteiger partial charge is 0.235 e. The Bertz CT molecular complexity index is 1260. The molecule has 154 valence electrons. The molecule has 31 heavy (non-hydrogen) atoms. The van der Waals surface area contributed by atoms with Crippen LogP contribution in [-0.4, -0.2) is 12.7 Å². The first kappa shape index (κ1) is 19.1. The normalized spacial score (nSPS) is 15.3. The Labute approximate surface area is 179 Å². The first-order valence-corrected chi connectivity index (χ1v) is 10.0. The van der Waals surface area contributed by atoms with Gasteiger partial charge >= 0.3 is 0 Å². The molecule has 5 rings (SSSR count). The summed E-state index contributed by atoms with van der Waals surface area (Å²) in [6.45, 7) is 2.13. The first-order chi connectivity index (χ1) is 15.0. The summed E-state index contributed by atoms with van der Waals surface area (Å²) >= 11 is 0. The van der Waals surface area contributed by atoms with Crippen LogP contribution in [0.3, 0.4) is 0 Å². The number of amides is 1. The zero-order chi connectivity index (χ0) is 21.6. The maximum atomic E-state index is 13.7. The molecule has 0 bridgehead atoms. The molecule has 3 aromatic carbocycles. The molecule has 0 aromatic heterocycles. The number of hydrogen-bond donors (Lipinski definition) is 1. The second-order valence-corrected chi connectivity index (χ2v) is 7.94. The van der Waals surface area contributed by atoms with Crippen molar-refractivity contribution in [2.45, 2.75) is 25.2 Å². The van der Waals surface area contributed by atoms with E-state index >= 15 is 0 Å². The highest BCUT2D eigenvalue weighted by Crippen LogP contribution is 2.51. The van der Waals surface area contributed by atoms with Gasteiger partial charge in [-0.3, -0.25) is 4.79 Å². The van der Waals surface area contributed by atoms with Crippen LogP contribution in [0.5, 0.6) is 11.5 Å². The zero-order valence-corrected chi connectivity index (χ0v) is 16.9. The van der Waals surface area contributed by atoms with E-state index in [4.69, 9.17) is 14.7 Å². The lowest BCUT2D eigenvalue weighted by Crippen LogP contribution is -2.27. The van der Waals surface area contributed by atoms with Gasteiger partial charge in [-0.1, -0.05) is 18.2 Å². The van der Waals surface area contributed by atoms with E-state index in [1.807, 2.05) is 49.4 Å². The van der Waals surface area contributed by atoms with Gasteiger partial charge in [-0.05, 0) is 78.4 Å². The van der Waals surface area contributed by atoms with E-state index in [1.54, 1.807) is 6.07 Å². The number of nitriles is 1. The van der Waals surface area contributed by atoms with Crippen molar-refractivity contribution in [3.05, 3.63) is 77.1 Å². The van der Waals surface area contributed by atoms with Crippen LogP contribution in [0.4, 0.5) is 10.1 Å². The Balaban J connectivity index is 1.42. The molecule has 0 radical (unpaired) electrons. The topological polar surface area (TPSA) is 71.3 Å². The van der Waals surface area contributed by atoms with Crippen LogP contribution >= 0.6 is 0 Å². The Morgan fingerprint density at radius 1 is 1.06 bits per heavy atom. The molecular weight excluding hydrogens is 395 g/mol. The Morgan fingerprint density at radius 3 is 2.65 bits per heavy atom. The number of nitrogens with zero attached hydrogens (tertiary/aromatic N) is 1. The lowest BCUT2D eigenvalue weighted by Gasteiger charge is -2.17. The summed E-state index contributed by atoms with van der Waals surface area (Å²) in [7, 11) is 0. The minimum absolute atomic E-state index is 0.00826. The molecule has 0 saturated heterocycles. The van der Waals surface area contributed by atoms with Crippen molar-refractivity contribution in [3.8, 4) is 28.7 Å². The van der Waals surface area contributed by atoms with E-state index in [-0.39, 0.29) is 18.3 Å². The fraction of sp³-hybridized carbons (Fsp3) is 0.200. The summed E-state index contributed by atoms with van der Waals surface area (Å²) in [5.74, 6) is 0.740. The van der Waals surface area contributed by atoms with Crippen LogP contribution < -0.4 is 14.8 Å². The van der Waals surface area contributed by atoms with E-state index in [9.17, 15) is 9.18 Å². The van der Waals surface area contributed by atoms with Crippen LogP contribution in [0.2, 0.25) is 0 Å². The molecule has 1 aliphatic heterocycles. The number of carbonyl (C=O) groups excluding carboxylic acids is 1. The highest BCUT2D eigenvalue weighted by Gasteiger charge is 2.51. The maximum absolute atomic E-state index is 13.7. The van der Waals surface area contributed by atoms with Crippen molar-refractivity contribution in [3.63, 3.8) is 0 Å². The molecule has 2 aliphatic rings. The number of halogens is 1. The van der Waals surface area contributed by atoms with Gasteiger partial charge in [-0.2, -0.15) is 5.26 Å². The van der Waals surface area contributed by atoms with Gasteiger partial charge in [0.05, 0.1) is 11.0 Å². The first-order valence-electron chi connectivity index (χ1n) is 10.0.